The summed E-state index contributed by atoms with van der Waals surface area (Å²) in [5, 5.41) is 3.45. The molecular weight excluding hydrogens is 377 g/mol. The molecule has 0 aliphatic carbocycles. The molecule has 3 aromatic carbocycles. The summed E-state index contributed by atoms with van der Waals surface area (Å²) in [5.41, 5.74) is 5.22. The van der Waals surface area contributed by atoms with Crippen LogP contribution in [0.1, 0.15) is 29.2 Å². The lowest BCUT2D eigenvalue weighted by molar-refractivity contribution is 0.281. The Morgan fingerprint density at radius 2 is 1.80 bits per heavy atom. The highest BCUT2D eigenvalue weighted by molar-refractivity contribution is 5.52. The lowest BCUT2D eigenvalue weighted by Gasteiger charge is -2.17. The van der Waals surface area contributed by atoms with E-state index >= 15 is 0 Å². The van der Waals surface area contributed by atoms with Crippen LogP contribution in [0.25, 0.3) is 0 Å². The molecule has 3 nitrogen and oxygen atoms in total. The van der Waals surface area contributed by atoms with Crippen molar-refractivity contribution in [3.63, 3.8) is 0 Å². The number of halogens is 1. The first-order valence-electron chi connectivity index (χ1n) is 10.1. The molecule has 3 rings (SSSR count). The molecule has 0 fully saturated rings. The van der Waals surface area contributed by atoms with Crippen molar-refractivity contribution in [3.8, 4) is 11.5 Å². The maximum Gasteiger partial charge on any atom is 0.165 e. The largest absolute Gasteiger partial charge is 0.493 e. The third-order valence-electron chi connectivity index (χ3n) is 4.91. The lowest BCUT2D eigenvalue weighted by atomic mass is 10.0. The molecule has 0 bridgehead atoms. The van der Waals surface area contributed by atoms with Crippen molar-refractivity contribution in [2.24, 2.45) is 0 Å². The molecule has 1 N–H and O–H groups in total. The molecule has 0 atom stereocenters. The molecule has 3 aromatic rings. The van der Waals surface area contributed by atoms with Crippen LogP contribution in [0.2, 0.25) is 0 Å². The fourth-order valence-electron chi connectivity index (χ4n) is 3.29. The summed E-state index contributed by atoms with van der Waals surface area (Å²) in [6.45, 7) is 6.93. The van der Waals surface area contributed by atoms with Gasteiger partial charge in [0, 0.05) is 17.8 Å². The van der Waals surface area contributed by atoms with Crippen LogP contribution in [0, 0.1) is 5.82 Å². The van der Waals surface area contributed by atoms with Crippen molar-refractivity contribution in [1.82, 2.24) is 0 Å². The van der Waals surface area contributed by atoms with Crippen molar-refractivity contribution < 1.29 is 13.9 Å². The van der Waals surface area contributed by atoms with Crippen LogP contribution in [-0.2, 0) is 26.0 Å². The van der Waals surface area contributed by atoms with E-state index in [0.29, 0.717) is 24.5 Å². The Labute approximate surface area is 178 Å². The monoisotopic (exact) mass is 405 g/mol. The van der Waals surface area contributed by atoms with Crippen molar-refractivity contribution in [3.05, 3.63) is 101 Å². The topological polar surface area (TPSA) is 30.5 Å². The Morgan fingerprint density at radius 3 is 2.47 bits per heavy atom. The van der Waals surface area contributed by atoms with Gasteiger partial charge in [-0.1, -0.05) is 37.3 Å². The Morgan fingerprint density at radius 1 is 1.00 bits per heavy atom. The van der Waals surface area contributed by atoms with Gasteiger partial charge in [-0.25, -0.2) is 4.39 Å². The van der Waals surface area contributed by atoms with Crippen molar-refractivity contribution in [2.75, 3.05) is 12.4 Å². The minimum absolute atomic E-state index is 0.264. The number of methoxy groups -OCH3 is 1. The molecule has 0 saturated carbocycles. The highest BCUT2D eigenvalue weighted by atomic mass is 19.1. The van der Waals surface area contributed by atoms with Crippen molar-refractivity contribution >= 4 is 5.69 Å². The molecule has 0 unspecified atom stereocenters. The minimum atomic E-state index is -0.275. The van der Waals surface area contributed by atoms with Crippen LogP contribution in [0.4, 0.5) is 10.1 Å². The summed E-state index contributed by atoms with van der Waals surface area (Å²) >= 11 is 0. The van der Waals surface area contributed by atoms with Gasteiger partial charge in [-0.2, -0.15) is 0 Å². The van der Waals surface area contributed by atoms with Crippen molar-refractivity contribution in [2.45, 2.75) is 32.9 Å². The van der Waals surface area contributed by atoms with Gasteiger partial charge in [0.2, 0.25) is 0 Å². The molecule has 4 heteroatoms. The summed E-state index contributed by atoms with van der Waals surface area (Å²) in [5.74, 6) is 1.05. The van der Waals surface area contributed by atoms with Crippen LogP contribution in [0.15, 0.2) is 73.3 Å². The molecule has 0 heterocycles. The molecule has 0 spiro atoms. The van der Waals surface area contributed by atoms with Gasteiger partial charge < -0.3 is 14.8 Å². The van der Waals surface area contributed by atoms with Gasteiger partial charge in [-0.3, -0.25) is 0 Å². The van der Waals surface area contributed by atoms with Crippen LogP contribution < -0.4 is 14.8 Å². The summed E-state index contributed by atoms with van der Waals surface area (Å²) in [6.07, 6.45) is 3.51. The van der Waals surface area contributed by atoms with Crippen LogP contribution >= 0.6 is 0 Å². The van der Waals surface area contributed by atoms with E-state index in [9.17, 15) is 4.39 Å². The van der Waals surface area contributed by atoms with E-state index in [1.54, 1.807) is 13.2 Å². The zero-order valence-corrected chi connectivity index (χ0v) is 17.6. The van der Waals surface area contributed by atoms with E-state index in [1.165, 1.54) is 17.7 Å². The average molecular weight is 406 g/mol. The minimum Gasteiger partial charge on any atom is -0.493 e. The molecule has 0 aliphatic rings. The second-order valence-corrected chi connectivity index (χ2v) is 7.10. The molecule has 0 aliphatic heterocycles. The normalized spacial score (nSPS) is 10.5. The fraction of sp³-hybridized carbons (Fsp3) is 0.231. The first-order chi connectivity index (χ1) is 14.6. The third kappa shape index (κ3) is 5.63. The van der Waals surface area contributed by atoms with Gasteiger partial charge in [-0.15, -0.1) is 6.58 Å². The second kappa shape index (κ2) is 10.5. The smallest absolute Gasteiger partial charge is 0.165 e. The van der Waals surface area contributed by atoms with E-state index in [1.807, 2.05) is 18.2 Å². The number of aryl methyl sites for hydroxylation is 1. The third-order valence-corrected chi connectivity index (χ3v) is 4.91. The van der Waals surface area contributed by atoms with Crippen molar-refractivity contribution in [1.29, 1.82) is 0 Å². The fourth-order valence-corrected chi connectivity index (χ4v) is 3.29. The summed E-state index contributed by atoms with van der Waals surface area (Å²) in [6, 6.07) is 18.9. The Hall–Kier alpha value is -3.27. The Bertz CT molecular complexity index is 983. The van der Waals surface area contributed by atoms with Gasteiger partial charge in [0.15, 0.2) is 11.5 Å². The SMILES string of the molecule is C=CCc1cc(CNc2ccc(CC)cc2)cc(OC)c1OCc1cccc(F)c1. The standard InChI is InChI=1S/C26H28FNO2/c1-4-7-22-14-21(17-28-24-12-10-19(5-2)11-13-24)16-25(29-3)26(22)30-18-20-8-6-9-23(27)15-20/h4,6,8-16,28H,1,5,7,17-18H2,2-3H3. The van der Waals surface area contributed by atoms with Gasteiger partial charge >= 0.3 is 0 Å². The highest BCUT2D eigenvalue weighted by Gasteiger charge is 2.13. The summed E-state index contributed by atoms with van der Waals surface area (Å²) < 4.78 is 25.1. The van der Waals surface area contributed by atoms with Gasteiger partial charge in [0.1, 0.15) is 12.4 Å². The predicted molar refractivity (Wildman–Crippen MR) is 121 cm³/mol. The van der Waals surface area contributed by atoms with E-state index in [0.717, 1.165) is 28.8 Å². The molecule has 0 saturated heterocycles. The van der Waals surface area contributed by atoms with E-state index in [4.69, 9.17) is 9.47 Å². The molecule has 0 amide bonds. The molecular formula is C26H28FNO2. The summed E-state index contributed by atoms with van der Waals surface area (Å²) in [4.78, 5) is 0. The molecule has 0 aromatic heterocycles. The predicted octanol–water partition coefficient (Wildman–Crippen LogP) is 6.32. The number of anilines is 1. The van der Waals surface area contributed by atoms with Crippen LogP contribution in [0.5, 0.6) is 11.5 Å². The highest BCUT2D eigenvalue weighted by Crippen LogP contribution is 2.34. The first kappa shape index (κ1) is 21.4. The van der Waals surface area contributed by atoms with E-state index in [2.05, 4.69) is 49.2 Å². The first-order valence-corrected chi connectivity index (χ1v) is 10.1. The average Bonchev–Trinajstić information content (AvgIpc) is 2.77. The number of rotatable bonds is 10. The van der Waals surface area contributed by atoms with Gasteiger partial charge in [0.25, 0.3) is 0 Å². The second-order valence-electron chi connectivity index (χ2n) is 7.10. The number of hydrogen-bond donors (Lipinski definition) is 1. The zero-order valence-electron chi connectivity index (χ0n) is 17.6. The number of ether oxygens (including phenoxy) is 2. The zero-order chi connectivity index (χ0) is 21.3. The van der Waals surface area contributed by atoms with E-state index in [-0.39, 0.29) is 12.4 Å². The van der Waals surface area contributed by atoms with Crippen LogP contribution in [0.3, 0.4) is 0 Å². The summed E-state index contributed by atoms with van der Waals surface area (Å²) in [7, 11) is 1.63. The maximum atomic E-state index is 13.5. The Kier molecular flexibility index (Phi) is 7.50. The van der Waals surface area contributed by atoms with Gasteiger partial charge in [0.05, 0.1) is 7.11 Å². The van der Waals surface area contributed by atoms with Gasteiger partial charge in [-0.05, 0) is 65.9 Å². The quantitative estimate of drug-likeness (QED) is 0.401. The van der Waals surface area contributed by atoms with E-state index < -0.39 is 0 Å². The lowest BCUT2D eigenvalue weighted by Crippen LogP contribution is -2.05. The molecule has 0 radical (unpaired) electrons. The maximum absolute atomic E-state index is 13.5. The number of nitrogens with one attached hydrogen (secondary N) is 1. The Balaban J connectivity index is 1.78. The molecule has 156 valence electrons. The number of benzene rings is 3. The molecule has 30 heavy (non-hydrogen) atoms. The number of allylic oxidation sites excluding steroid dienone is 1. The number of hydrogen-bond acceptors (Lipinski definition) is 3. The van der Waals surface area contributed by atoms with Crippen LogP contribution in [-0.4, -0.2) is 7.11 Å².